The van der Waals surface area contributed by atoms with Crippen LogP contribution in [0.25, 0.3) is 0 Å². The lowest BCUT2D eigenvalue weighted by Crippen LogP contribution is -2.43. The summed E-state index contributed by atoms with van der Waals surface area (Å²) in [6.07, 6.45) is 0. The molecule has 2 heterocycles. The maximum Gasteiger partial charge on any atom is 0.263 e. The van der Waals surface area contributed by atoms with Crippen LogP contribution in [-0.2, 0) is 14.4 Å². The number of fused-ring (bicyclic) bond motifs is 1. The van der Waals surface area contributed by atoms with Crippen LogP contribution in [0.5, 0.6) is 11.5 Å². The van der Waals surface area contributed by atoms with Crippen LogP contribution in [0.3, 0.4) is 0 Å². The number of hydrogen-bond acceptors (Lipinski definition) is 8. The number of nitrogens with one attached hydrogen (secondary N) is 1. The van der Waals surface area contributed by atoms with Crippen molar-refractivity contribution in [1.29, 1.82) is 0 Å². The molecule has 3 amide bonds. The highest BCUT2D eigenvalue weighted by Gasteiger charge is 2.55. The van der Waals surface area contributed by atoms with E-state index in [9.17, 15) is 14.4 Å². The molecule has 2 aliphatic rings. The molecule has 4 rings (SSSR count). The molecule has 2 aromatic carbocycles. The van der Waals surface area contributed by atoms with E-state index in [1.807, 2.05) is 26.0 Å². The van der Waals surface area contributed by atoms with Crippen molar-refractivity contribution in [3.8, 4) is 11.5 Å². The number of methoxy groups -OCH3 is 2. The van der Waals surface area contributed by atoms with E-state index < -0.39 is 23.9 Å². The molecule has 0 aromatic heterocycles. The number of anilines is 2. The molecule has 0 aliphatic carbocycles. The first-order valence-electron chi connectivity index (χ1n) is 9.99. The van der Waals surface area contributed by atoms with E-state index in [-0.39, 0.29) is 12.5 Å². The van der Waals surface area contributed by atoms with Gasteiger partial charge in [-0.2, -0.15) is 5.11 Å². The van der Waals surface area contributed by atoms with Crippen molar-refractivity contribution in [3.63, 3.8) is 0 Å². The van der Waals surface area contributed by atoms with Gasteiger partial charge in [0.2, 0.25) is 5.91 Å². The minimum atomic E-state index is -0.996. The van der Waals surface area contributed by atoms with Gasteiger partial charge >= 0.3 is 0 Å². The standard InChI is InChI=1S/C22H23N5O5/c1-12-6-5-7-15(13(12)2)23-18(28)11-26-20-19(24-25-26)21(29)27(22(20)30)14-8-9-16(31-3)17(10-14)32-4/h5-10,19-20H,11H2,1-4H3,(H,23,28)/t19-,20+/m0/s1. The highest BCUT2D eigenvalue weighted by atomic mass is 16.5. The number of carbonyl (C=O) groups is 3. The van der Waals surface area contributed by atoms with Crippen LogP contribution in [0.4, 0.5) is 11.4 Å². The Kier molecular flexibility index (Phi) is 5.52. The third kappa shape index (κ3) is 3.53. The summed E-state index contributed by atoms with van der Waals surface area (Å²) in [5, 5.41) is 12.0. The van der Waals surface area contributed by atoms with E-state index in [0.717, 1.165) is 16.0 Å². The quantitative estimate of drug-likeness (QED) is 0.694. The summed E-state index contributed by atoms with van der Waals surface area (Å²) in [6, 6.07) is 8.39. The molecule has 10 heteroatoms. The van der Waals surface area contributed by atoms with Crippen molar-refractivity contribution in [3.05, 3.63) is 47.5 Å². The van der Waals surface area contributed by atoms with Gasteiger partial charge in [-0.3, -0.25) is 19.4 Å². The summed E-state index contributed by atoms with van der Waals surface area (Å²) < 4.78 is 10.5. The zero-order chi connectivity index (χ0) is 23.0. The fraction of sp³-hybridized carbons (Fsp3) is 0.318. The molecule has 2 aromatic rings. The van der Waals surface area contributed by atoms with Gasteiger partial charge in [0.15, 0.2) is 23.6 Å². The molecule has 1 N–H and O–H groups in total. The molecule has 2 aliphatic heterocycles. The molecule has 32 heavy (non-hydrogen) atoms. The summed E-state index contributed by atoms with van der Waals surface area (Å²) in [5.41, 5.74) is 3.02. The molecule has 10 nitrogen and oxygen atoms in total. The Bertz CT molecular complexity index is 1130. The molecule has 0 radical (unpaired) electrons. The third-order valence-electron chi connectivity index (χ3n) is 5.67. The fourth-order valence-corrected chi connectivity index (χ4v) is 3.80. The average molecular weight is 437 g/mol. The van der Waals surface area contributed by atoms with E-state index in [1.165, 1.54) is 19.2 Å². The van der Waals surface area contributed by atoms with E-state index in [0.29, 0.717) is 22.9 Å². The van der Waals surface area contributed by atoms with Crippen molar-refractivity contribution in [2.24, 2.45) is 10.3 Å². The second-order valence-electron chi connectivity index (χ2n) is 7.54. The van der Waals surface area contributed by atoms with Crippen LogP contribution in [0.15, 0.2) is 46.7 Å². The molecule has 0 unspecified atom stereocenters. The van der Waals surface area contributed by atoms with Gasteiger partial charge in [-0.25, -0.2) is 4.90 Å². The molecule has 1 saturated heterocycles. The number of carbonyl (C=O) groups excluding carboxylic acids is 3. The largest absolute Gasteiger partial charge is 0.493 e. The van der Waals surface area contributed by atoms with E-state index in [1.54, 1.807) is 24.3 Å². The predicted octanol–water partition coefficient (Wildman–Crippen LogP) is 2.25. The molecule has 1 fully saturated rings. The SMILES string of the molecule is COc1ccc(N2C(=O)[C@H]3N=NN(CC(=O)Nc4cccc(C)c4C)[C@H]3C2=O)cc1OC. The first-order valence-corrected chi connectivity index (χ1v) is 9.99. The maximum absolute atomic E-state index is 13.1. The van der Waals surface area contributed by atoms with Gasteiger partial charge in [0, 0.05) is 11.8 Å². The van der Waals surface area contributed by atoms with Crippen molar-refractivity contribution in [2.45, 2.75) is 25.9 Å². The summed E-state index contributed by atoms with van der Waals surface area (Å²) in [4.78, 5) is 39.7. The number of imide groups is 1. The Morgan fingerprint density at radius 3 is 2.53 bits per heavy atom. The van der Waals surface area contributed by atoms with Gasteiger partial charge < -0.3 is 14.8 Å². The second-order valence-corrected chi connectivity index (χ2v) is 7.54. The number of nitrogens with zero attached hydrogens (tertiary/aromatic N) is 4. The predicted molar refractivity (Wildman–Crippen MR) is 116 cm³/mol. The summed E-state index contributed by atoms with van der Waals surface area (Å²) in [6.45, 7) is 3.66. The molecule has 0 spiro atoms. The van der Waals surface area contributed by atoms with Crippen LogP contribution in [-0.4, -0.2) is 55.6 Å². The first-order chi connectivity index (χ1) is 15.3. The highest BCUT2D eigenvalue weighted by molar-refractivity contribution is 6.25. The van der Waals surface area contributed by atoms with E-state index >= 15 is 0 Å². The third-order valence-corrected chi connectivity index (χ3v) is 5.67. The van der Waals surface area contributed by atoms with Crippen LogP contribution >= 0.6 is 0 Å². The molecule has 2 atom stereocenters. The maximum atomic E-state index is 13.1. The zero-order valence-electron chi connectivity index (χ0n) is 18.2. The Labute approximate surface area is 184 Å². The van der Waals surface area contributed by atoms with Crippen molar-refractivity contribution >= 4 is 29.1 Å². The van der Waals surface area contributed by atoms with Crippen LogP contribution < -0.4 is 19.7 Å². The molecule has 0 saturated carbocycles. The molecular weight excluding hydrogens is 414 g/mol. The minimum Gasteiger partial charge on any atom is -0.493 e. The number of amides is 3. The molecule has 166 valence electrons. The summed E-state index contributed by atoms with van der Waals surface area (Å²) >= 11 is 0. The lowest BCUT2D eigenvalue weighted by atomic mass is 10.1. The van der Waals surface area contributed by atoms with Gasteiger partial charge in [-0.15, -0.1) is 0 Å². The molecule has 0 bridgehead atoms. The summed E-state index contributed by atoms with van der Waals surface area (Å²) in [5.74, 6) is -0.512. The van der Waals surface area contributed by atoms with Crippen LogP contribution in [0.2, 0.25) is 0 Å². The van der Waals surface area contributed by atoms with Gasteiger partial charge in [0.05, 0.1) is 19.9 Å². The fourth-order valence-electron chi connectivity index (χ4n) is 3.80. The monoisotopic (exact) mass is 437 g/mol. The Morgan fingerprint density at radius 1 is 1.06 bits per heavy atom. The van der Waals surface area contributed by atoms with Crippen molar-refractivity contribution in [1.82, 2.24) is 5.01 Å². The van der Waals surface area contributed by atoms with Crippen molar-refractivity contribution < 1.29 is 23.9 Å². The highest BCUT2D eigenvalue weighted by Crippen LogP contribution is 2.36. The van der Waals surface area contributed by atoms with Crippen molar-refractivity contribution in [2.75, 3.05) is 31.0 Å². The number of aryl methyl sites for hydroxylation is 1. The number of benzene rings is 2. The normalized spacial score (nSPS) is 19.4. The van der Waals surface area contributed by atoms with Crippen LogP contribution in [0, 0.1) is 13.8 Å². The van der Waals surface area contributed by atoms with Gasteiger partial charge in [0.25, 0.3) is 11.8 Å². The number of ether oxygens (including phenoxy) is 2. The second kappa shape index (κ2) is 8.29. The van der Waals surface area contributed by atoms with Gasteiger partial charge in [-0.05, 0) is 43.2 Å². The number of hydrogen-bond donors (Lipinski definition) is 1. The Morgan fingerprint density at radius 2 is 1.81 bits per heavy atom. The topological polar surface area (TPSA) is 113 Å². The Hall–Kier alpha value is -3.95. The Balaban J connectivity index is 1.52. The molecular formula is C22H23N5O5. The number of rotatable bonds is 6. The lowest BCUT2D eigenvalue weighted by Gasteiger charge is -2.21. The van der Waals surface area contributed by atoms with Crippen LogP contribution in [0.1, 0.15) is 11.1 Å². The lowest BCUT2D eigenvalue weighted by molar-refractivity contribution is -0.123. The van der Waals surface area contributed by atoms with E-state index in [4.69, 9.17) is 9.47 Å². The minimum absolute atomic E-state index is 0.211. The van der Waals surface area contributed by atoms with Gasteiger partial charge in [0.1, 0.15) is 6.54 Å². The average Bonchev–Trinajstić information content (AvgIpc) is 3.30. The van der Waals surface area contributed by atoms with Gasteiger partial charge in [-0.1, -0.05) is 17.4 Å². The smallest absolute Gasteiger partial charge is 0.263 e. The first kappa shape index (κ1) is 21.3. The zero-order valence-corrected chi connectivity index (χ0v) is 18.2. The summed E-state index contributed by atoms with van der Waals surface area (Å²) in [7, 11) is 2.96. The van der Waals surface area contributed by atoms with E-state index in [2.05, 4.69) is 15.7 Å².